The number of benzene rings is 1. The van der Waals surface area contributed by atoms with E-state index in [-0.39, 0.29) is 130 Å². The first kappa shape index (κ1) is 38.2. The van der Waals surface area contributed by atoms with Crippen molar-refractivity contribution in [2.45, 2.75) is 0 Å². The topological polar surface area (TPSA) is 215 Å². The van der Waals surface area contributed by atoms with E-state index in [1.54, 1.807) is 19.6 Å². The molecule has 0 aromatic heterocycles. The van der Waals surface area contributed by atoms with Gasteiger partial charge in [-0.25, -0.2) is 4.79 Å². The first-order valence-corrected chi connectivity index (χ1v) is 13.1. The maximum absolute atomic E-state index is 13.0. The smallest absolute Gasteiger partial charge is 0.331 e. The van der Waals surface area contributed by atoms with Crippen LogP contribution in [0.3, 0.4) is 0 Å². The molecular weight excluding hydrogens is 718 g/mol. The summed E-state index contributed by atoms with van der Waals surface area (Å²) in [4.78, 5) is 77.4. The number of carboxylic acids is 3. The molecule has 1 fully saturated rings. The number of carboxylic acid groups (broad SMARTS) is 3. The van der Waals surface area contributed by atoms with E-state index in [0.29, 0.717) is 0 Å². The molecule has 240 valence electrons. The minimum Gasteiger partial charge on any atom is -0.480 e. The number of amides is 1. The van der Waals surface area contributed by atoms with Crippen molar-refractivity contribution in [2.75, 3.05) is 92.1 Å². The van der Waals surface area contributed by atoms with Gasteiger partial charge >= 0.3 is 23.9 Å². The van der Waals surface area contributed by atoms with E-state index in [2.05, 4.69) is 0 Å². The Kier molecular flexibility index (Phi) is 17.2. The quantitative estimate of drug-likeness (QED) is 0.0953. The first-order chi connectivity index (χ1) is 19.8. The Morgan fingerprint density at radius 1 is 0.744 bits per heavy atom. The average molecular weight is 754 g/mol. The molecule has 1 aromatic carbocycles. The third-order valence-electron chi connectivity index (χ3n) is 6.44. The molecule has 0 saturated carbocycles. The van der Waals surface area contributed by atoms with Gasteiger partial charge in [-0.05, 0) is 12.1 Å². The molecular formula is C25H36GdN6O11. The number of hydrogen-bond donors (Lipinski definition) is 3. The van der Waals surface area contributed by atoms with Crippen LogP contribution >= 0.6 is 0 Å². The Morgan fingerprint density at radius 2 is 1.09 bits per heavy atom. The Balaban J connectivity index is 0.00000924. The maximum atomic E-state index is 13.0. The van der Waals surface area contributed by atoms with Gasteiger partial charge in [0.2, 0.25) is 5.91 Å². The van der Waals surface area contributed by atoms with Crippen molar-refractivity contribution < 1.29 is 88.9 Å². The fourth-order valence-corrected chi connectivity index (χ4v) is 4.18. The number of ether oxygens (including phenoxy) is 1. The van der Waals surface area contributed by atoms with Crippen LogP contribution in [0.2, 0.25) is 0 Å². The van der Waals surface area contributed by atoms with Crippen LogP contribution in [0.1, 0.15) is 0 Å². The molecule has 3 N–H and O–H groups in total. The molecule has 0 unspecified atom stereocenters. The van der Waals surface area contributed by atoms with Crippen LogP contribution < -0.4 is 4.74 Å². The zero-order valence-electron chi connectivity index (χ0n) is 23.6. The SMILES string of the molecule is CN(CC(=O)Oc1ccc([N+](=O)[O-])cc1)C(=O)CN1CCN(CC(=O)O)CCN(CC(=O)O)CCN(CC(=O)O)CC1.[Gd]. The molecule has 1 aromatic rings. The number of non-ortho nitro benzene ring substituents is 1. The Hall–Kier alpha value is -2.87. The fraction of sp³-hybridized carbons (Fsp3) is 0.560. The second kappa shape index (κ2) is 19.4. The van der Waals surface area contributed by atoms with Crippen LogP contribution in [-0.4, -0.2) is 167 Å². The van der Waals surface area contributed by atoms with Gasteiger partial charge in [-0.1, -0.05) is 0 Å². The zero-order chi connectivity index (χ0) is 31.2. The van der Waals surface area contributed by atoms with E-state index >= 15 is 0 Å². The number of nitro benzene ring substituents is 1. The number of rotatable bonds is 12. The van der Waals surface area contributed by atoms with Crippen molar-refractivity contribution in [2.24, 2.45) is 0 Å². The van der Waals surface area contributed by atoms with Gasteiger partial charge in [0.25, 0.3) is 5.69 Å². The molecule has 0 atom stereocenters. The van der Waals surface area contributed by atoms with Crippen molar-refractivity contribution in [3.63, 3.8) is 0 Å². The average Bonchev–Trinajstić information content (AvgIpc) is 2.89. The van der Waals surface area contributed by atoms with E-state index < -0.39 is 41.3 Å². The van der Waals surface area contributed by atoms with Gasteiger partial charge in [0.15, 0.2) is 0 Å². The molecule has 0 bridgehead atoms. The number of nitrogens with zero attached hydrogens (tertiary/aromatic N) is 6. The molecule has 0 radical (unpaired) electrons. The normalized spacial score (nSPS) is 16.1. The van der Waals surface area contributed by atoms with Crippen LogP contribution in [0.4, 0.5) is 5.69 Å². The number of hydrogen-bond acceptors (Lipinski definition) is 12. The van der Waals surface area contributed by atoms with Gasteiger partial charge in [0.05, 0.1) is 31.1 Å². The van der Waals surface area contributed by atoms with E-state index in [4.69, 9.17) is 4.74 Å². The molecule has 1 saturated heterocycles. The van der Waals surface area contributed by atoms with E-state index in [9.17, 15) is 49.4 Å². The Morgan fingerprint density at radius 3 is 1.42 bits per heavy atom. The summed E-state index contributed by atoms with van der Waals surface area (Å²) in [7, 11) is 1.40. The minimum atomic E-state index is -1.06. The Bertz CT molecular complexity index is 1090. The monoisotopic (exact) mass is 754 g/mol. The molecule has 1 aliphatic rings. The van der Waals surface area contributed by atoms with Gasteiger partial charge < -0.3 is 25.0 Å². The molecule has 2 rings (SSSR count). The van der Waals surface area contributed by atoms with Crippen LogP contribution in [0.5, 0.6) is 5.75 Å². The molecule has 0 aliphatic carbocycles. The van der Waals surface area contributed by atoms with Gasteiger partial charge in [0.1, 0.15) is 12.3 Å². The zero-order valence-corrected chi connectivity index (χ0v) is 25.9. The number of nitro groups is 1. The number of carbonyl (C=O) groups is 5. The largest absolute Gasteiger partial charge is 0.480 e. The standard InChI is InChI=1S/C25H36N6O11.Gd/c1-26(18-25(39)42-20-4-2-19(3-5-20)31(40)41)21(32)14-27-6-8-28(15-22(33)34)10-12-30(17-24(37)38)13-11-29(9-7-27)16-23(35)36;/h2-5H,6-18H2,1H3,(H,33,34)(H,35,36)(H,37,38);. The fourth-order valence-electron chi connectivity index (χ4n) is 4.18. The summed E-state index contributed by atoms with van der Waals surface area (Å²) in [5.74, 6) is -4.30. The van der Waals surface area contributed by atoms with Gasteiger partial charge in [-0.15, -0.1) is 0 Å². The Labute approximate surface area is 279 Å². The van der Waals surface area contributed by atoms with Crippen LogP contribution in [0.15, 0.2) is 24.3 Å². The number of esters is 1. The van der Waals surface area contributed by atoms with Gasteiger partial charge in [-0.3, -0.25) is 48.9 Å². The summed E-state index contributed by atoms with van der Waals surface area (Å²) in [6.07, 6.45) is 0. The summed E-state index contributed by atoms with van der Waals surface area (Å²) >= 11 is 0. The van der Waals surface area contributed by atoms with Crippen molar-refractivity contribution in [3.05, 3.63) is 34.4 Å². The van der Waals surface area contributed by atoms with Crippen molar-refractivity contribution in [3.8, 4) is 5.75 Å². The second-order valence-electron chi connectivity index (χ2n) is 9.76. The summed E-state index contributed by atoms with van der Waals surface area (Å²) < 4.78 is 5.15. The number of carbonyl (C=O) groups excluding carboxylic acids is 2. The van der Waals surface area contributed by atoms with E-state index in [1.165, 1.54) is 31.3 Å². The molecule has 1 aliphatic heterocycles. The summed E-state index contributed by atoms with van der Waals surface area (Å²) in [6.45, 7) is 0.567. The minimum absolute atomic E-state index is 0. The van der Waals surface area contributed by atoms with Gasteiger partial charge in [0, 0.05) is 111 Å². The third kappa shape index (κ3) is 15.4. The third-order valence-corrected chi connectivity index (χ3v) is 6.44. The molecule has 43 heavy (non-hydrogen) atoms. The van der Waals surface area contributed by atoms with Crippen LogP contribution in [-0.2, 0) is 24.0 Å². The first-order valence-electron chi connectivity index (χ1n) is 13.1. The van der Waals surface area contributed by atoms with Crippen LogP contribution in [0.25, 0.3) is 0 Å². The summed E-state index contributed by atoms with van der Waals surface area (Å²) in [6, 6.07) is 4.89. The maximum Gasteiger partial charge on any atom is 0.331 e. The van der Waals surface area contributed by atoms with Gasteiger partial charge in [-0.2, -0.15) is 0 Å². The van der Waals surface area contributed by atoms with Crippen LogP contribution in [0, 0.1) is 50.1 Å². The predicted molar refractivity (Wildman–Crippen MR) is 145 cm³/mol. The van der Waals surface area contributed by atoms with Crippen molar-refractivity contribution >= 4 is 35.5 Å². The number of aliphatic carboxylic acids is 3. The van der Waals surface area contributed by atoms with Crippen molar-refractivity contribution in [1.82, 2.24) is 24.5 Å². The van der Waals surface area contributed by atoms with E-state index in [1.807, 2.05) is 0 Å². The molecule has 18 heteroatoms. The summed E-state index contributed by atoms with van der Waals surface area (Å²) in [5, 5.41) is 38.7. The molecule has 17 nitrogen and oxygen atoms in total. The molecule has 0 spiro atoms. The molecule has 1 heterocycles. The number of likely N-dealkylation sites (N-methyl/N-ethyl adjacent to an activating group) is 1. The molecule has 1 amide bonds. The second-order valence-corrected chi connectivity index (χ2v) is 9.76. The predicted octanol–water partition coefficient (Wildman–Crippen LogP) is -1.57. The van der Waals surface area contributed by atoms with E-state index in [0.717, 1.165) is 4.90 Å². The van der Waals surface area contributed by atoms with Crippen molar-refractivity contribution in [1.29, 1.82) is 0 Å². The summed E-state index contributed by atoms with van der Waals surface area (Å²) in [5.41, 5.74) is -0.172.